The number of hydrogen-bond donors (Lipinski definition) is 3. The number of carbonyl (C=O) groups is 1. The van der Waals surface area contributed by atoms with E-state index in [1.165, 1.54) is 12.8 Å². The van der Waals surface area contributed by atoms with E-state index < -0.39 is 0 Å². The summed E-state index contributed by atoms with van der Waals surface area (Å²) in [6.07, 6.45) is 6.72. The number of piperidine rings is 1. The Morgan fingerprint density at radius 2 is 2.00 bits per heavy atom. The minimum atomic E-state index is 0.0118. The van der Waals surface area contributed by atoms with Gasteiger partial charge in [-0.25, -0.2) is 0 Å². The number of aliphatic hydroxyl groups excluding tert-OH is 1. The van der Waals surface area contributed by atoms with Crippen molar-refractivity contribution in [3.63, 3.8) is 0 Å². The molecule has 3 atom stereocenters. The molecule has 2 aliphatic rings. The molecule has 4 nitrogen and oxygen atoms in total. The Morgan fingerprint density at radius 3 is 2.71 bits per heavy atom. The summed E-state index contributed by atoms with van der Waals surface area (Å²) < 4.78 is 0. The van der Waals surface area contributed by atoms with Crippen molar-refractivity contribution in [2.24, 2.45) is 11.8 Å². The molecular formula is C13H24N2O2. The van der Waals surface area contributed by atoms with Crippen LogP contribution < -0.4 is 10.6 Å². The Morgan fingerprint density at radius 1 is 1.18 bits per heavy atom. The fourth-order valence-corrected chi connectivity index (χ4v) is 3.05. The monoisotopic (exact) mass is 240 g/mol. The van der Waals surface area contributed by atoms with E-state index in [9.17, 15) is 9.90 Å². The van der Waals surface area contributed by atoms with Gasteiger partial charge in [-0.05, 0) is 44.1 Å². The number of hydrogen-bond acceptors (Lipinski definition) is 3. The molecule has 17 heavy (non-hydrogen) atoms. The van der Waals surface area contributed by atoms with E-state index in [0.717, 1.165) is 38.8 Å². The largest absolute Gasteiger partial charge is 0.396 e. The van der Waals surface area contributed by atoms with Crippen LogP contribution in [0.15, 0.2) is 0 Å². The van der Waals surface area contributed by atoms with Gasteiger partial charge in [-0.2, -0.15) is 0 Å². The Balaban J connectivity index is 1.71. The van der Waals surface area contributed by atoms with E-state index in [-0.39, 0.29) is 18.6 Å². The molecule has 1 aliphatic heterocycles. The molecule has 3 unspecified atom stereocenters. The highest BCUT2D eigenvalue weighted by molar-refractivity contribution is 5.81. The molecule has 0 radical (unpaired) electrons. The molecule has 1 saturated heterocycles. The van der Waals surface area contributed by atoms with Gasteiger partial charge in [-0.15, -0.1) is 0 Å². The summed E-state index contributed by atoms with van der Waals surface area (Å²) in [4.78, 5) is 11.9. The molecule has 1 saturated carbocycles. The van der Waals surface area contributed by atoms with E-state index in [1.807, 2.05) is 0 Å². The maximum Gasteiger partial charge on any atom is 0.237 e. The molecule has 0 bridgehead atoms. The average molecular weight is 240 g/mol. The lowest BCUT2D eigenvalue weighted by atomic mass is 9.96. The van der Waals surface area contributed by atoms with Crippen LogP contribution >= 0.6 is 0 Å². The van der Waals surface area contributed by atoms with Crippen LogP contribution in [0.3, 0.4) is 0 Å². The Hall–Kier alpha value is -0.610. The molecule has 0 aromatic heterocycles. The molecule has 0 aromatic rings. The van der Waals surface area contributed by atoms with Gasteiger partial charge in [0.2, 0.25) is 5.91 Å². The van der Waals surface area contributed by atoms with Gasteiger partial charge in [0, 0.05) is 13.2 Å². The molecule has 3 N–H and O–H groups in total. The van der Waals surface area contributed by atoms with Crippen LogP contribution in [0, 0.1) is 11.8 Å². The minimum absolute atomic E-state index is 0.0118. The van der Waals surface area contributed by atoms with Crippen LogP contribution in [-0.2, 0) is 4.79 Å². The van der Waals surface area contributed by atoms with Gasteiger partial charge < -0.3 is 15.7 Å². The molecule has 1 aliphatic carbocycles. The van der Waals surface area contributed by atoms with Crippen LogP contribution in [0.4, 0.5) is 0 Å². The zero-order chi connectivity index (χ0) is 12.1. The summed E-state index contributed by atoms with van der Waals surface area (Å²) in [6, 6.07) is 0.0118. The van der Waals surface area contributed by atoms with Crippen LogP contribution in [-0.4, -0.2) is 36.8 Å². The third kappa shape index (κ3) is 3.42. The first kappa shape index (κ1) is 12.8. The molecule has 0 spiro atoms. The van der Waals surface area contributed by atoms with E-state index in [4.69, 9.17) is 0 Å². The number of carbonyl (C=O) groups excluding carboxylic acids is 1. The topological polar surface area (TPSA) is 61.4 Å². The van der Waals surface area contributed by atoms with Crippen LogP contribution in [0.1, 0.15) is 38.5 Å². The zero-order valence-corrected chi connectivity index (χ0v) is 10.5. The lowest BCUT2D eigenvalue weighted by Gasteiger charge is -2.24. The lowest BCUT2D eigenvalue weighted by molar-refractivity contribution is -0.123. The second-order valence-corrected chi connectivity index (χ2v) is 5.38. The van der Waals surface area contributed by atoms with Gasteiger partial charge in [0.15, 0.2) is 0 Å². The van der Waals surface area contributed by atoms with Crippen molar-refractivity contribution in [1.82, 2.24) is 10.6 Å². The number of nitrogens with one attached hydrogen (secondary N) is 2. The highest BCUT2D eigenvalue weighted by atomic mass is 16.3. The Labute approximate surface area is 103 Å². The third-order valence-corrected chi connectivity index (χ3v) is 4.22. The first-order valence-electron chi connectivity index (χ1n) is 6.93. The molecule has 2 rings (SSSR count). The molecule has 1 amide bonds. The Bertz CT molecular complexity index is 252. The van der Waals surface area contributed by atoms with Crippen molar-refractivity contribution in [1.29, 1.82) is 0 Å². The van der Waals surface area contributed by atoms with E-state index >= 15 is 0 Å². The molecule has 4 heteroatoms. The van der Waals surface area contributed by atoms with Crippen LogP contribution in [0.5, 0.6) is 0 Å². The Kier molecular flexibility index (Phi) is 4.80. The van der Waals surface area contributed by atoms with Gasteiger partial charge in [0.05, 0.1) is 6.04 Å². The molecule has 0 aromatic carbocycles. The SMILES string of the molecule is O=C(NCC1CCCC1CO)C1CCCCN1. The predicted octanol–water partition coefficient (Wildman–Crippen LogP) is 0.653. The fraction of sp³-hybridized carbons (Fsp3) is 0.923. The normalized spacial score (nSPS) is 33.6. The van der Waals surface area contributed by atoms with Crippen molar-refractivity contribution in [2.75, 3.05) is 19.7 Å². The smallest absolute Gasteiger partial charge is 0.237 e. The summed E-state index contributed by atoms with van der Waals surface area (Å²) in [5.41, 5.74) is 0. The van der Waals surface area contributed by atoms with E-state index in [2.05, 4.69) is 10.6 Å². The van der Waals surface area contributed by atoms with Gasteiger partial charge in [-0.1, -0.05) is 12.8 Å². The van der Waals surface area contributed by atoms with Gasteiger partial charge >= 0.3 is 0 Å². The number of amides is 1. The van der Waals surface area contributed by atoms with Crippen molar-refractivity contribution in [3.05, 3.63) is 0 Å². The first-order valence-corrected chi connectivity index (χ1v) is 6.93. The van der Waals surface area contributed by atoms with E-state index in [1.54, 1.807) is 0 Å². The van der Waals surface area contributed by atoms with Crippen molar-refractivity contribution in [2.45, 2.75) is 44.6 Å². The maximum atomic E-state index is 11.9. The van der Waals surface area contributed by atoms with Crippen molar-refractivity contribution in [3.8, 4) is 0 Å². The van der Waals surface area contributed by atoms with Crippen LogP contribution in [0.25, 0.3) is 0 Å². The average Bonchev–Trinajstić information content (AvgIpc) is 2.84. The maximum absolute atomic E-state index is 11.9. The quantitative estimate of drug-likeness (QED) is 0.676. The summed E-state index contributed by atoms with van der Waals surface area (Å²) in [5, 5.41) is 15.5. The van der Waals surface area contributed by atoms with Crippen molar-refractivity contribution < 1.29 is 9.90 Å². The highest BCUT2D eigenvalue weighted by Gasteiger charge is 2.28. The second-order valence-electron chi connectivity index (χ2n) is 5.38. The molecular weight excluding hydrogens is 216 g/mol. The molecule has 2 fully saturated rings. The minimum Gasteiger partial charge on any atom is -0.396 e. The summed E-state index contributed by atoms with van der Waals surface area (Å²) in [7, 11) is 0. The summed E-state index contributed by atoms with van der Waals surface area (Å²) in [5.74, 6) is 1.02. The predicted molar refractivity (Wildman–Crippen MR) is 66.6 cm³/mol. The standard InChI is InChI=1S/C13H24N2O2/c16-9-11-5-3-4-10(11)8-15-13(17)12-6-1-2-7-14-12/h10-12,14,16H,1-9H2,(H,15,17). The van der Waals surface area contributed by atoms with Gasteiger partial charge in [-0.3, -0.25) is 4.79 Å². The molecule has 1 heterocycles. The highest BCUT2D eigenvalue weighted by Crippen LogP contribution is 2.30. The number of rotatable bonds is 4. The van der Waals surface area contributed by atoms with Crippen molar-refractivity contribution >= 4 is 5.91 Å². The summed E-state index contributed by atoms with van der Waals surface area (Å²) >= 11 is 0. The van der Waals surface area contributed by atoms with Gasteiger partial charge in [0.1, 0.15) is 0 Å². The number of aliphatic hydroxyl groups is 1. The van der Waals surface area contributed by atoms with Crippen LogP contribution in [0.2, 0.25) is 0 Å². The zero-order valence-electron chi connectivity index (χ0n) is 10.5. The molecule has 98 valence electrons. The second kappa shape index (κ2) is 6.36. The first-order chi connectivity index (χ1) is 8.31. The fourth-order valence-electron chi connectivity index (χ4n) is 3.05. The lowest BCUT2D eigenvalue weighted by Crippen LogP contribution is -2.47. The van der Waals surface area contributed by atoms with E-state index in [0.29, 0.717) is 11.8 Å². The summed E-state index contributed by atoms with van der Waals surface area (Å²) in [6.45, 7) is 1.96. The third-order valence-electron chi connectivity index (χ3n) is 4.22. The van der Waals surface area contributed by atoms with Gasteiger partial charge in [0.25, 0.3) is 0 Å².